The van der Waals surface area contributed by atoms with Crippen molar-refractivity contribution in [1.82, 2.24) is 4.72 Å². The molecule has 0 aliphatic carbocycles. The van der Waals surface area contributed by atoms with Crippen LogP contribution in [-0.2, 0) is 27.8 Å². The number of anilines is 1. The molecule has 2 aromatic carbocycles. The molecule has 0 spiro atoms. The normalized spacial score (nSPS) is 13.5. The zero-order chi connectivity index (χ0) is 19.4. The number of nitrogens with zero attached hydrogens (tertiary/aromatic N) is 1. The van der Waals surface area contributed by atoms with Gasteiger partial charge in [-0.25, -0.2) is 13.1 Å². The van der Waals surface area contributed by atoms with Gasteiger partial charge >= 0.3 is 0 Å². The third kappa shape index (κ3) is 4.31. The van der Waals surface area contributed by atoms with Crippen molar-refractivity contribution in [3.8, 4) is 5.75 Å². The van der Waals surface area contributed by atoms with Crippen LogP contribution in [0.4, 0.5) is 5.69 Å². The largest absolute Gasteiger partial charge is 0.494 e. The maximum absolute atomic E-state index is 12.6. The summed E-state index contributed by atoms with van der Waals surface area (Å²) in [7, 11) is -3.63. The summed E-state index contributed by atoms with van der Waals surface area (Å²) in [5, 5.41) is 0. The first-order chi connectivity index (χ1) is 12.9. The Kier molecular flexibility index (Phi) is 5.82. The number of carbonyl (C=O) groups is 1. The van der Waals surface area contributed by atoms with Crippen molar-refractivity contribution < 1.29 is 17.9 Å². The molecular weight excluding hydrogens is 364 g/mol. The second-order valence-electron chi connectivity index (χ2n) is 6.34. The molecule has 0 saturated heterocycles. The summed E-state index contributed by atoms with van der Waals surface area (Å²) < 4.78 is 33.3. The molecule has 0 radical (unpaired) electrons. The van der Waals surface area contributed by atoms with E-state index in [0.717, 1.165) is 22.6 Å². The molecular formula is C20H24N2O4S. The molecule has 1 amide bonds. The minimum Gasteiger partial charge on any atom is -0.494 e. The van der Waals surface area contributed by atoms with Gasteiger partial charge in [0.25, 0.3) is 0 Å². The smallest absolute Gasteiger partial charge is 0.240 e. The number of nitrogens with one attached hydrogen (secondary N) is 1. The van der Waals surface area contributed by atoms with Crippen LogP contribution in [0, 0.1) is 0 Å². The van der Waals surface area contributed by atoms with Gasteiger partial charge in [0.05, 0.1) is 11.5 Å². The van der Waals surface area contributed by atoms with E-state index >= 15 is 0 Å². The standard InChI is InChI=1S/C20H24N2O4S/c1-3-20(23)22-12-11-16-13-18(9-10-19(16)22)27(24,25)21-14-15-5-7-17(8-6-15)26-4-2/h5-10,13,21H,3-4,11-12,14H2,1-2H3. The average Bonchev–Trinajstić information content (AvgIpc) is 3.10. The number of sulfonamides is 1. The maximum Gasteiger partial charge on any atom is 0.240 e. The van der Waals surface area contributed by atoms with Crippen LogP contribution < -0.4 is 14.4 Å². The van der Waals surface area contributed by atoms with Crippen molar-refractivity contribution in [3.05, 3.63) is 53.6 Å². The van der Waals surface area contributed by atoms with Crippen molar-refractivity contribution in [2.24, 2.45) is 0 Å². The van der Waals surface area contributed by atoms with Crippen LogP contribution in [0.5, 0.6) is 5.75 Å². The highest BCUT2D eigenvalue weighted by Crippen LogP contribution is 2.30. The molecule has 1 aliphatic heterocycles. The lowest BCUT2D eigenvalue weighted by Crippen LogP contribution is -2.27. The molecule has 6 nitrogen and oxygen atoms in total. The van der Waals surface area contributed by atoms with Gasteiger partial charge in [0.15, 0.2) is 0 Å². The lowest BCUT2D eigenvalue weighted by molar-refractivity contribution is -0.118. The van der Waals surface area contributed by atoms with Crippen LogP contribution >= 0.6 is 0 Å². The van der Waals surface area contributed by atoms with E-state index in [2.05, 4.69) is 4.72 Å². The zero-order valence-corrected chi connectivity index (χ0v) is 16.4. The first-order valence-electron chi connectivity index (χ1n) is 9.09. The summed E-state index contributed by atoms with van der Waals surface area (Å²) in [6, 6.07) is 12.3. The Hall–Kier alpha value is -2.38. The van der Waals surface area contributed by atoms with Gasteiger partial charge in [0.1, 0.15) is 5.75 Å². The van der Waals surface area contributed by atoms with E-state index in [0.29, 0.717) is 26.0 Å². The SMILES string of the molecule is CCOc1ccc(CNS(=O)(=O)c2ccc3c(c2)CCN3C(=O)CC)cc1. The van der Waals surface area contributed by atoms with Crippen molar-refractivity contribution in [2.75, 3.05) is 18.1 Å². The molecule has 0 unspecified atom stereocenters. The number of amides is 1. The van der Waals surface area contributed by atoms with Gasteiger partial charge in [-0.05, 0) is 54.8 Å². The van der Waals surface area contributed by atoms with Gasteiger partial charge in [-0.15, -0.1) is 0 Å². The molecule has 1 aliphatic rings. The lowest BCUT2D eigenvalue weighted by Gasteiger charge is -2.16. The molecule has 0 fully saturated rings. The molecule has 27 heavy (non-hydrogen) atoms. The minimum atomic E-state index is -3.63. The van der Waals surface area contributed by atoms with Crippen LogP contribution in [0.1, 0.15) is 31.4 Å². The van der Waals surface area contributed by atoms with Gasteiger partial charge in [-0.2, -0.15) is 0 Å². The molecule has 0 saturated carbocycles. The zero-order valence-electron chi connectivity index (χ0n) is 15.6. The summed E-state index contributed by atoms with van der Waals surface area (Å²) >= 11 is 0. The van der Waals surface area contributed by atoms with Crippen LogP contribution in [0.3, 0.4) is 0 Å². The Morgan fingerprint density at radius 2 is 1.89 bits per heavy atom. The van der Waals surface area contributed by atoms with E-state index in [-0.39, 0.29) is 17.3 Å². The molecule has 2 aromatic rings. The monoisotopic (exact) mass is 388 g/mol. The van der Waals surface area contributed by atoms with Crippen LogP contribution in [0.15, 0.2) is 47.4 Å². The van der Waals surface area contributed by atoms with E-state index in [1.54, 1.807) is 23.1 Å². The van der Waals surface area contributed by atoms with E-state index in [4.69, 9.17) is 4.74 Å². The molecule has 0 atom stereocenters. The van der Waals surface area contributed by atoms with E-state index < -0.39 is 10.0 Å². The van der Waals surface area contributed by atoms with Crippen molar-refractivity contribution >= 4 is 21.6 Å². The Balaban J connectivity index is 1.71. The van der Waals surface area contributed by atoms with E-state index in [1.807, 2.05) is 38.1 Å². The van der Waals surface area contributed by atoms with Gasteiger partial charge in [0.2, 0.25) is 15.9 Å². The van der Waals surface area contributed by atoms with Crippen molar-refractivity contribution in [2.45, 2.75) is 38.1 Å². The summed E-state index contributed by atoms with van der Waals surface area (Å²) in [5.74, 6) is 0.812. The Morgan fingerprint density at radius 1 is 1.15 bits per heavy atom. The number of rotatable bonds is 7. The molecule has 144 valence electrons. The van der Waals surface area contributed by atoms with Gasteiger partial charge < -0.3 is 9.64 Å². The molecule has 0 bridgehead atoms. The number of carbonyl (C=O) groups excluding carboxylic acids is 1. The Morgan fingerprint density at radius 3 is 2.56 bits per heavy atom. The number of hydrogen-bond acceptors (Lipinski definition) is 4. The quantitative estimate of drug-likeness (QED) is 0.791. The first kappa shape index (κ1) is 19.4. The number of hydrogen-bond donors (Lipinski definition) is 1. The van der Waals surface area contributed by atoms with Crippen LogP contribution in [0.25, 0.3) is 0 Å². The molecule has 1 N–H and O–H groups in total. The molecule has 7 heteroatoms. The molecule has 3 rings (SSSR count). The minimum absolute atomic E-state index is 0.0537. The Bertz CT molecular complexity index is 923. The number of benzene rings is 2. The second-order valence-corrected chi connectivity index (χ2v) is 8.11. The second kappa shape index (κ2) is 8.10. The first-order valence-corrected chi connectivity index (χ1v) is 10.6. The number of ether oxygens (including phenoxy) is 1. The summed E-state index contributed by atoms with van der Waals surface area (Å²) in [4.78, 5) is 13.9. The fourth-order valence-electron chi connectivity index (χ4n) is 3.13. The number of fused-ring (bicyclic) bond motifs is 1. The van der Waals surface area contributed by atoms with Crippen LogP contribution in [-0.4, -0.2) is 27.5 Å². The fraction of sp³-hybridized carbons (Fsp3) is 0.350. The molecule has 1 heterocycles. The predicted octanol–water partition coefficient (Wildman–Crippen LogP) is 2.86. The summed E-state index contributed by atoms with van der Waals surface area (Å²) in [6.45, 7) is 5.13. The fourth-order valence-corrected chi connectivity index (χ4v) is 4.20. The third-order valence-corrected chi connectivity index (χ3v) is 5.96. The van der Waals surface area contributed by atoms with E-state index in [9.17, 15) is 13.2 Å². The summed E-state index contributed by atoms with van der Waals surface area (Å²) in [6.07, 6.45) is 1.10. The highest BCUT2D eigenvalue weighted by atomic mass is 32.2. The van der Waals surface area contributed by atoms with Crippen molar-refractivity contribution in [3.63, 3.8) is 0 Å². The highest BCUT2D eigenvalue weighted by molar-refractivity contribution is 7.89. The van der Waals surface area contributed by atoms with Crippen LogP contribution in [0.2, 0.25) is 0 Å². The third-order valence-electron chi connectivity index (χ3n) is 4.56. The molecule has 0 aromatic heterocycles. The van der Waals surface area contributed by atoms with Gasteiger partial charge in [0, 0.05) is 25.2 Å². The Labute approximate surface area is 160 Å². The topological polar surface area (TPSA) is 75.7 Å². The van der Waals surface area contributed by atoms with Gasteiger partial charge in [-0.1, -0.05) is 19.1 Å². The average molecular weight is 388 g/mol. The van der Waals surface area contributed by atoms with E-state index in [1.165, 1.54) is 0 Å². The highest BCUT2D eigenvalue weighted by Gasteiger charge is 2.25. The van der Waals surface area contributed by atoms with Gasteiger partial charge in [-0.3, -0.25) is 4.79 Å². The lowest BCUT2D eigenvalue weighted by atomic mass is 10.2. The maximum atomic E-state index is 12.6. The predicted molar refractivity (Wildman–Crippen MR) is 104 cm³/mol. The summed E-state index contributed by atoms with van der Waals surface area (Å²) in [5.41, 5.74) is 2.55. The van der Waals surface area contributed by atoms with Crippen molar-refractivity contribution in [1.29, 1.82) is 0 Å².